The van der Waals surface area contributed by atoms with Gasteiger partial charge in [0.1, 0.15) is 4.21 Å². The van der Waals surface area contributed by atoms with Crippen molar-refractivity contribution in [2.75, 3.05) is 18.2 Å². The zero-order valence-corrected chi connectivity index (χ0v) is 18.3. The van der Waals surface area contributed by atoms with Crippen molar-refractivity contribution in [1.82, 2.24) is 15.1 Å². The van der Waals surface area contributed by atoms with Gasteiger partial charge in [0.25, 0.3) is 0 Å². The molecule has 0 aromatic carbocycles. The quantitative estimate of drug-likeness (QED) is 0.686. The Morgan fingerprint density at radius 3 is 2.23 bits per heavy atom. The summed E-state index contributed by atoms with van der Waals surface area (Å²) in [7, 11) is 0.495. The van der Waals surface area contributed by atoms with Crippen LogP contribution in [-0.2, 0) is 27.2 Å². The van der Waals surface area contributed by atoms with Crippen molar-refractivity contribution in [3.8, 4) is 0 Å². The number of amides is 1. The summed E-state index contributed by atoms with van der Waals surface area (Å²) in [5, 5.41) is 4.12. The first-order chi connectivity index (χ1) is 14.0. The fourth-order valence-electron chi connectivity index (χ4n) is 4.62. The first kappa shape index (κ1) is 21.4. The molecule has 3 fully saturated rings. The molecule has 3 saturated carbocycles. The number of aryl methyl sites for hydroxylation is 1. The highest BCUT2D eigenvalue weighted by Crippen LogP contribution is 2.58. The second kappa shape index (κ2) is 7.11. The van der Waals surface area contributed by atoms with Crippen LogP contribution in [0.25, 0.3) is 0 Å². The molecule has 3 aliphatic carbocycles. The molecule has 7 nitrogen and oxygen atoms in total. The Morgan fingerprint density at radius 1 is 1.17 bits per heavy atom. The second-order valence-electron chi connectivity index (χ2n) is 8.17. The van der Waals surface area contributed by atoms with Crippen molar-refractivity contribution >= 4 is 33.2 Å². The van der Waals surface area contributed by atoms with Crippen molar-refractivity contribution in [1.29, 1.82) is 0 Å². The number of aromatic nitrogens is 3. The largest absolute Gasteiger partial charge is 0.471 e. The summed E-state index contributed by atoms with van der Waals surface area (Å²) in [6.07, 6.45) is 0.143. The van der Waals surface area contributed by atoms with E-state index in [0.717, 1.165) is 0 Å². The number of fused-ring (bicyclic) bond motifs is 3. The van der Waals surface area contributed by atoms with Crippen molar-refractivity contribution in [3.63, 3.8) is 0 Å². The summed E-state index contributed by atoms with van der Waals surface area (Å²) >= 11 is 1.25. The first-order valence-electron chi connectivity index (χ1n) is 9.48. The molecule has 0 saturated heterocycles. The van der Waals surface area contributed by atoms with Gasteiger partial charge in [0.05, 0.1) is 16.5 Å². The van der Waals surface area contributed by atoms with E-state index in [9.17, 15) is 22.2 Å². The van der Waals surface area contributed by atoms with E-state index in [1.54, 1.807) is 20.2 Å². The van der Waals surface area contributed by atoms with Gasteiger partial charge in [0.15, 0.2) is 11.0 Å². The Labute approximate surface area is 177 Å². The van der Waals surface area contributed by atoms with Crippen molar-refractivity contribution in [2.45, 2.75) is 61.2 Å². The van der Waals surface area contributed by atoms with Gasteiger partial charge in [-0.2, -0.15) is 18.2 Å². The highest BCUT2D eigenvalue weighted by Gasteiger charge is 2.56. The molecule has 2 bridgehead atoms. The zero-order chi connectivity index (χ0) is 21.9. The molecule has 0 spiro atoms. The van der Waals surface area contributed by atoms with Crippen LogP contribution in [0.3, 0.4) is 0 Å². The molecule has 12 heteroatoms. The number of alkyl halides is 3. The van der Waals surface area contributed by atoms with Gasteiger partial charge in [-0.25, -0.2) is 4.98 Å². The van der Waals surface area contributed by atoms with Crippen LogP contribution in [-0.4, -0.2) is 38.5 Å². The highest BCUT2D eigenvalue weighted by molar-refractivity contribution is 7.86. The molecule has 2 heterocycles. The number of thiazole rings is 1. The third-order valence-electron chi connectivity index (χ3n) is 6.44. The molecule has 3 aliphatic rings. The molecule has 2 aromatic heterocycles. The molecule has 164 valence electrons. The minimum atomic E-state index is -4.67. The van der Waals surface area contributed by atoms with E-state index in [1.807, 2.05) is 0 Å². The first-order valence-corrected chi connectivity index (χ1v) is 11.9. The lowest BCUT2D eigenvalue weighted by molar-refractivity contribution is -0.159. The van der Waals surface area contributed by atoms with E-state index in [4.69, 9.17) is 0 Å². The van der Waals surface area contributed by atoms with Gasteiger partial charge in [-0.3, -0.25) is 13.9 Å². The van der Waals surface area contributed by atoms with Crippen LogP contribution in [0.5, 0.6) is 0 Å². The fraction of sp³-hybridized carbons (Fsp3) is 0.667. The van der Waals surface area contributed by atoms with E-state index in [1.165, 1.54) is 16.2 Å². The van der Waals surface area contributed by atoms with Gasteiger partial charge >= 0.3 is 12.1 Å². The van der Waals surface area contributed by atoms with Crippen molar-refractivity contribution in [2.24, 2.45) is 5.41 Å². The van der Waals surface area contributed by atoms with Crippen LogP contribution in [0, 0.1) is 12.3 Å². The number of carbonyl (C=O) groups excluding carboxylic acids is 1. The summed E-state index contributed by atoms with van der Waals surface area (Å²) in [6, 6.07) is 0. The SMILES string of the molecule is Cc1nc(N(C)C(=O)C23CCC(c4noc(C(F)(F)F)n4)(CC2)CC3)sc1S(C)=O. The van der Waals surface area contributed by atoms with Crippen LogP contribution in [0.1, 0.15) is 55.9 Å². The summed E-state index contributed by atoms with van der Waals surface area (Å²) < 4.78 is 55.4. The monoisotopic (exact) mass is 462 g/mol. The average Bonchev–Trinajstić information content (AvgIpc) is 3.36. The maximum Gasteiger partial charge on any atom is 0.471 e. The van der Waals surface area contributed by atoms with Crippen LogP contribution in [0.4, 0.5) is 18.3 Å². The molecule has 1 unspecified atom stereocenters. The molecular formula is C18H21F3N4O3S2. The number of anilines is 1. The van der Waals surface area contributed by atoms with Crippen LogP contribution < -0.4 is 4.90 Å². The lowest BCUT2D eigenvalue weighted by Crippen LogP contribution is -2.52. The molecule has 1 amide bonds. The summed E-state index contributed by atoms with van der Waals surface area (Å²) in [4.78, 5) is 22.9. The molecule has 0 radical (unpaired) electrons. The minimum absolute atomic E-state index is 0.0536. The Morgan fingerprint density at radius 2 is 1.77 bits per heavy atom. The summed E-state index contributed by atoms with van der Waals surface area (Å²) in [5.41, 5.74) is -0.493. The van der Waals surface area contributed by atoms with Gasteiger partial charge < -0.3 is 4.52 Å². The van der Waals surface area contributed by atoms with Gasteiger partial charge in [0, 0.05) is 24.1 Å². The molecular weight excluding hydrogens is 441 g/mol. The zero-order valence-electron chi connectivity index (χ0n) is 16.7. The van der Waals surface area contributed by atoms with Crippen LogP contribution >= 0.6 is 11.3 Å². The Balaban J connectivity index is 1.52. The maximum atomic E-state index is 13.4. The maximum absolute atomic E-state index is 13.4. The molecule has 2 aromatic rings. The van der Waals surface area contributed by atoms with E-state index < -0.39 is 33.7 Å². The Hall–Kier alpha value is -1.82. The summed E-state index contributed by atoms with van der Waals surface area (Å²) in [5.74, 6) is -1.29. The van der Waals surface area contributed by atoms with Gasteiger partial charge in [0.2, 0.25) is 5.91 Å². The van der Waals surface area contributed by atoms with E-state index >= 15 is 0 Å². The predicted molar refractivity (Wildman–Crippen MR) is 104 cm³/mol. The number of carbonyl (C=O) groups is 1. The standard InChI is InChI=1S/C18H21F3N4O3S2/c1-10-11(30(3)27)29-15(22-10)25(2)14(26)17-7-4-16(5-8-17,6-9-17)12-23-13(28-24-12)18(19,20)21/h4-9H2,1-3H3. The Kier molecular flexibility index (Phi) is 5.08. The van der Waals surface area contributed by atoms with E-state index in [-0.39, 0.29) is 11.7 Å². The van der Waals surface area contributed by atoms with Gasteiger partial charge in [-0.15, -0.1) is 0 Å². The smallest absolute Gasteiger partial charge is 0.329 e. The number of halogens is 3. The van der Waals surface area contributed by atoms with Crippen LogP contribution in [0.2, 0.25) is 0 Å². The Bertz CT molecular complexity index is 992. The lowest BCUT2D eigenvalue weighted by Gasteiger charge is -2.51. The van der Waals surface area contributed by atoms with Crippen molar-refractivity contribution in [3.05, 3.63) is 17.4 Å². The van der Waals surface area contributed by atoms with Gasteiger partial charge in [-0.05, 0) is 45.4 Å². The fourth-order valence-corrected chi connectivity index (χ4v) is 6.53. The minimum Gasteiger partial charge on any atom is -0.329 e. The molecule has 0 aliphatic heterocycles. The van der Waals surface area contributed by atoms with Crippen LogP contribution in [0.15, 0.2) is 8.73 Å². The molecule has 0 N–H and O–H groups in total. The van der Waals surface area contributed by atoms with Crippen molar-refractivity contribution < 1.29 is 26.7 Å². The normalized spacial score (nSPS) is 27.3. The number of rotatable bonds is 4. The van der Waals surface area contributed by atoms with Gasteiger partial charge in [-0.1, -0.05) is 16.5 Å². The van der Waals surface area contributed by atoms with E-state index in [0.29, 0.717) is 53.6 Å². The molecule has 30 heavy (non-hydrogen) atoms. The predicted octanol–water partition coefficient (Wildman–Crippen LogP) is 3.85. The topological polar surface area (TPSA) is 89.2 Å². The highest BCUT2D eigenvalue weighted by atomic mass is 32.2. The number of nitrogens with zero attached hydrogens (tertiary/aromatic N) is 4. The average molecular weight is 463 g/mol. The summed E-state index contributed by atoms with van der Waals surface area (Å²) in [6.45, 7) is 1.77. The number of hydrogen-bond acceptors (Lipinski definition) is 7. The third-order valence-corrected chi connectivity index (χ3v) is 9.24. The lowest BCUT2D eigenvalue weighted by atomic mass is 9.53. The molecule has 1 atom stereocenters. The third kappa shape index (κ3) is 3.37. The van der Waals surface area contributed by atoms with E-state index in [2.05, 4.69) is 19.6 Å². The molecule has 5 rings (SSSR count). The number of hydrogen-bond donors (Lipinski definition) is 0. The second-order valence-corrected chi connectivity index (χ2v) is 10.7.